The van der Waals surface area contributed by atoms with Gasteiger partial charge in [0.2, 0.25) is 23.1 Å². The molecule has 0 spiro atoms. The Morgan fingerprint density at radius 3 is 0.810 bits per heavy atom. The fourth-order valence-corrected chi connectivity index (χ4v) is 7.59. The molecule has 0 aromatic carbocycles. The third-order valence-corrected chi connectivity index (χ3v) is 12.1. The number of carbonyl (C=O) groups is 2. The number of ketones is 2. The quantitative estimate of drug-likeness (QED) is 0.0515. The van der Waals surface area contributed by atoms with E-state index in [1.165, 1.54) is 89.2 Å². The van der Waals surface area contributed by atoms with Crippen molar-refractivity contribution in [2.45, 2.75) is 205 Å². The first-order valence-electron chi connectivity index (χ1n) is 24.1. The number of methoxy groups -OCH3 is 2. The molecule has 0 fully saturated rings. The van der Waals surface area contributed by atoms with E-state index in [0.717, 1.165) is 96.3 Å². The van der Waals surface area contributed by atoms with Gasteiger partial charge in [-0.1, -0.05) is 116 Å². The minimum Gasteiger partial charge on any atom is -0.489 e. The van der Waals surface area contributed by atoms with Crippen LogP contribution in [0.25, 0.3) is 0 Å². The van der Waals surface area contributed by atoms with Crippen molar-refractivity contribution in [3.8, 4) is 0 Å². The molecule has 63 heavy (non-hydrogen) atoms. The first-order valence-corrected chi connectivity index (χ1v) is 24.1. The Kier molecular flexibility index (Phi) is 30.1. The van der Waals surface area contributed by atoms with Crippen LogP contribution in [0, 0.1) is 0 Å². The molecule has 0 aromatic heterocycles. The first kappa shape index (κ1) is 56.8. The summed E-state index contributed by atoms with van der Waals surface area (Å²) in [6.45, 7) is 26.3. The summed E-state index contributed by atoms with van der Waals surface area (Å²) in [6.07, 6.45) is 44.3. The molecule has 0 heterocycles. The standard InChI is InChI=1S/C59H90O4/c1-44(2)24-15-25-45(3)26-16-27-46(4)28-17-29-47(5)30-18-31-48(6)32-19-33-49(7)34-20-35-50(8)36-21-37-51(9)38-22-39-52(10)40-23-41-53(11)42-43-55-54(12)56(60)58(62-13)59(63-14)57(55)61/h24,26,28,30,32,34,36,38,40,42H,15-23,25,27,29,31,33,35,37,39,41,43H2,1-14H3/b45-26-,46-28-,47-30+,48-32+,49-34+,50-36+,51-38+,52-40+,53-42+. The molecule has 4 nitrogen and oxygen atoms in total. The Hall–Kier alpha value is -4.18. The van der Waals surface area contributed by atoms with Crippen molar-refractivity contribution in [2.75, 3.05) is 14.2 Å². The predicted molar refractivity (Wildman–Crippen MR) is 275 cm³/mol. The van der Waals surface area contributed by atoms with Crippen LogP contribution in [0.5, 0.6) is 0 Å². The van der Waals surface area contributed by atoms with E-state index in [1.807, 2.05) is 0 Å². The fraction of sp³-hybridized carbons (Fsp3) is 0.559. The van der Waals surface area contributed by atoms with Crippen LogP contribution < -0.4 is 0 Å². The molecule has 0 saturated heterocycles. The lowest BCUT2D eigenvalue weighted by Gasteiger charge is -2.19. The Morgan fingerprint density at radius 1 is 0.349 bits per heavy atom. The average molecular weight is 863 g/mol. The molecular weight excluding hydrogens is 773 g/mol. The third kappa shape index (κ3) is 26.3. The molecule has 0 bridgehead atoms. The van der Waals surface area contributed by atoms with Crippen molar-refractivity contribution in [2.24, 2.45) is 0 Å². The first-order chi connectivity index (χ1) is 30.0. The maximum atomic E-state index is 12.9. The van der Waals surface area contributed by atoms with E-state index in [2.05, 4.69) is 137 Å². The third-order valence-electron chi connectivity index (χ3n) is 12.1. The van der Waals surface area contributed by atoms with Gasteiger partial charge >= 0.3 is 0 Å². The molecule has 4 heteroatoms. The highest BCUT2D eigenvalue weighted by Crippen LogP contribution is 2.28. The van der Waals surface area contributed by atoms with Crippen molar-refractivity contribution < 1.29 is 19.1 Å². The topological polar surface area (TPSA) is 52.6 Å². The molecule has 1 rings (SSSR count). The maximum Gasteiger partial charge on any atom is 0.228 e. The van der Waals surface area contributed by atoms with Crippen LogP contribution in [0.2, 0.25) is 0 Å². The van der Waals surface area contributed by atoms with E-state index in [9.17, 15) is 9.59 Å². The van der Waals surface area contributed by atoms with Crippen molar-refractivity contribution in [1.82, 2.24) is 0 Å². The summed E-state index contributed by atoms with van der Waals surface area (Å²) >= 11 is 0. The minimum atomic E-state index is -0.284. The van der Waals surface area contributed by atoms with Gasteiger partial charge in [0.1, 0.15) is 0 Å². The molecule has 0 radical (unpaired) electrons. The van der Waals surface area contributed by atoms with Crippen LogP contribution in [0.15, 0.2) is 139 Å². The van der Waals surface area contributed by atoms with E-state index in [4.69, 9.17) is 9.47 Å². The smallest absolute Gasteiger partial charge is 0.228 e. The lowest BCUT2D eigenvalue weighted by Crippen LogP contribution is -2.24. The number of rotatable bonds is 31. The van der Waals surface area contributed by atoms with E-state index in [0.29, 0.717) is 17.6 Å². The normalized spacial score (nSPS) is 15.9. The van der Waals surface area contributed by atoms with E-state index < -0.39 is 0 Å². The Balaban J connectivity index is 2.31. The van der Waals surface area contributed by atoms with Crippen LogP contribution in [-0.4, -0.2) is 25.8 Å². The van der Waals surface area contributed by atoms with Crippen LogP contribution >= 0.6 is 0 Å². The summed E-state index contributed by atoms with van der Waals surface area (Å²) in [6, 6.07) is 0. The number of hydrogen-bond donors (Lipinski definition) is 0. The van der Waals surface area contributed by atoms with Gasteiger partial charge in [-0.05, 0) is 205 Å². The van der Waals surface area contributed by atoms with Gasteiger partial charge in [0.05, 0.1) is 14.2 Å². The van der Waals surface area contributed by atoms with Crippen molar-refractivity contribution in [1.29, 1.82) is 0 Å². The Morgan fingerprint density at radius 2 is 0.571 bits per heavy atom. The number of carbonyl (C=O) groups excluding carboxylic acids is 2. The summed E-state index contributed by atoms with van der Waals surface area (Å²) in [5.74, 6) is -0.572. The lowest BCUT2D eigenvalue weighted by atomic mass is 9.90. The van der Waals surface area contributed by atoms with Gasteiger partial charge in [-0.2, -0.15) is 0 Å². The molecular formula is C59H90O4. The van der Waals surface area contributed by atoms with Gasteiger partial charge in [-0.25, -0.2) is 0 Å². The molecule has 350 valence electrons. The minimum absolute atomic E-state index is 0.00667. The maximum absolute atomic E-state index is 12.9. The Labute approximate surface area is 387 Å². The number of hydrogen-bond acceptors (Lipinski definition) is 4. The molecule has 0 aliphatic heterocycles. The summed E-state index contributed by atoms with van der Waals surface area (Å²) < 4.78 is 10.3. The number of allylic oxidation sites excluding steroid dienone is 22. The summed E-state index contributed by atoms with van der Waals surface area (Å²) in [7, 11) is 2.78. The van der Waals surface area contributed by atoms with E-state index in [-0.39, 0.29) is 23.1 Å². The van der Waals surface area contributed by atoms with Gasteiger partial charge in [-0.15, -0.1) is 0 Å². The van der Waals surface area contributed by atoms with Crippen LogP contribution in [0.4, 0.5) is 0 Å². The molecule has 0 N–H and O–H groups in total. The SMILES string of the molecule is COC1=C(OC)C(=O)C(C/C=C(\C)CC/C=C(\C)CC/C=C(\C)CC/C=C(\C)CC/C=C(\C)CC/C=C(\C)CC/C=C(\C)CC/C=C(/C)CC/C=C(/C)CCC=C(C)C)=C(C)C1=O. The molecule has 0 amide bonds. The molecule has 0 saturated carbocycles. The zero-order valence-corrected chi connectivity index (χ0v) is 42.8. The molecule has 1 aliphatic carbocycles. The molecule has 1 aliphatic rings. The van der Waals surface area contributed by atoms with Crippen LogP contribution in [0.3, 0.4) is 0 Å². The zero-order chi connectivity index (χ0) is 47.2. The lowest BCUT2D eigenvalue weighted by molar-refractivity contribution is -0.121. The highest BCUT2D eigenvalue weighted by Gasteiger charge is 2.34. The highest BCUT2D eigenvalue weighted by molar-refractivity contribution is 6.23. The molecule has 0 aromatic rings. The van der Waals surface area contributed by atoms with E-state index >= 15 is 0 Å². The average Bonchev–Trinajstić information content (AvgIpc) is 3.21. The Bertz CT molecular complexity index is 1840. The predicted octanol–water partition coefficient (Wildman–Crippen LogP) is 17.9. The highest BCUT2D eigenvalue weighted by atomic mass is 16.5. The van der Waals surface area contributed by atoms with Crippen LogP contribution in [0.1, 0.15) is 205 Å². The monoisotopic (exact) mass is 863 g/mol. The fourth-order valence-electron chi connectivity index (χ4n) is 7.59. The summed E-state index contributed by atoms with van der Waals surface area (Å²) in [5.41, 5.74) is 15.5. The van der Waals surface area contributed by atoms with Gasteiger partial charge < -0.3 is 9.47 Å². The van der Waals surface area contributed by atoms with Crippen LogP contribution in [-0.2, 0) is 19.1 Å². The summed E-state index contributed by atoms with van der Waals surface area (Å²) in [5, 5.41) is 0. The summed E-state index contributed by atoms with van der Waals surface area (Å²) in [4.78, 5) is 25.5. The van der Waals surface area contributed by atoms with Gasteiger partial charge in [0, 0.05) is 11.1 Å². The zero-order valence-electron chi connectivity index (χ0n) is 42.8. The molecule has 0 unspecified atom stereocenters. The van der Waals surface area contributed by atoms with E-state index in [1.54, 1.807) is 6.92 Å². The number of Topliss-reactive ketones (excluding diaryl/α,β-unsaturated/α-hetero) is 2. The van der Waals surface area contributed by atoms with Gasteiger partial charge in [0.25, 0.3) is 0 Å². The second-order valence-corrected chi connectivity index (χ2v) is 18.6. The van der Waals surface area contributed by atoms with Gasteiger partial charge in [-0.3, -0.25) is 9.59 Å². The van der Waals surface area contributed by atoms with Gasteiger partial charge in [0.15, 0.2) is 0 Å². The second kappa shape index (κ2) is 33.3. The molecule has 0 atom stereocenters. The second-order valence-electron chi connectivity index (χ2n) is 18.6. The van der Waals surface area contributed by atoms with Crippen molar-refractivity contribution in [3.63, 3.8) is 0 Å². The van der Waals surface area contributed by atoms with Crippen molar-refractivity contribution in [3.05, 3.63) is 139 Å². The number of ether oxygens (including phenoxy) is 2. The van der Waals surface area contributed by atoms with Crippen molar-refractivity contribution >= 4 is 11.6 Å². The largest absolute Gasteiger partial charge is 0.489 e.